The molecule has 0 aliphatic carbocycles. The molecule has 0 fully saturated rings. The molecule has 2 heterocycles. The van der Waals surface area contributed by atoms with Crippen LogP contribution < -0.4 is 0 Å². The Hall–Kier alpha value is -2.74. The zero-order valence-corrected chi connectivity index (χ0v) is 12.3. The van der Waals surface area contributed by atoms with E-state index in [4.69, 9.17) is 0 Å². The predicted molar refractivity (Wildman–Crippen MR) is 80.2 cm³/mol. The number of hydrogen-bond donors (Lipinski definition) is 0. The fourth-order valence-electron chi connectivity index (χ4n) is 2.29. The molecule has 0 unspecified atom stereocenters. The van der Waals surface area contributed by atoms with Gasteiger partial charge in [0.1, 0.15) is 6.20 Å². The molecule has 0 saturated heterocycles. The van der Waals surface area contributed by atoms with Gasteiger partial charge in [-0.15, -0.1) is 0 Å². The van der Waals surface area contributed by atoms with Crippen LogP contribution in [0.1, 0.15) is 5.69 Å². The summed E-state index contributed by atoms with van der Waals surface area (Å²) in [5.74, 6) is 0. The molecule has 8 heteroatoms. The first-order chi connectivity index (χ1) is 10.4. The van der Waals surface area contributed by atoms with Crippen LogP contribution in [-0.4, -0.2) is 22.3 Å². The van der Waals surface area contributed by atoms with Crippen molar-refractivity contribution in [2.75, 3.05) is 0 Å². The highest BCUT2D eigenvalue weighted by atomic mass is 32.2. The van der Waals surface area contributed by atoms with Gasteiger partial charge in [0.25, 0.3) is 15.7 Å². The van der Waals surface area contributed by atoms with Gasteiger partial charge in [-0.3, -0.25) is 10.1 Å². The smallest absolute Gasteiger partial charge is 0.258 e. The maximum atomic E-state index is 12.7. The third-order valence-corrected chi connectivity index (χ3v) is 5.06. The highest BCUT2D eigenvalue weighted by Crippen LogP contribution is 2.26. The number of benzene rings is 1. The maximum Gasteiger partial charge on any atom is 0.288 e. The molecule has 2 aromatic heterocycles. The van der Waals surface area contributed by atoms with Gasteiger partial charge in [0, 0.05) is 17.1 Å². The molecule has 3 rings (SSSR count). The minimum atomic E-state index is -3.80. The van der Waals surface area contributed by atoms with Crippen LogP contribution >= 0.6 is 0 Å². The molecule has 0 bridgehead atoms. The first kappa shape index (κ1) is 14.2. The highest BCUT2D eigenvalue weighted by Gasteiger charge is 2.23. The van der Waals surface area contributed by atoms with Crippen LogP contribution in [0.25, 0.3) is 11.0 Å². The van der Waals surface area contributed by atoms with Crippen LogP contribution in [0, 0.1) is 17.0 Å². The lowest BCUT2D eigenvalue weighted by Crippen LogP contribution is -2.14. The maximum absolute atomic E-state index is 12.7. The van der Waals surface area contributed by atoms with Crippen molar-refractivity contribution in [3.8, 4) is 0 Å². The molecular weight excluding hydrogens is 306 g/mol. The second-order valence-electron chi connectivity index (χ2n) is 4.73. The summed E-state index contributed by atoms with van der Waals surface area (Å²) in [6, 6.07) is 10.8. The predicted octanol–water partition coefficient (Wildman–Crippen LogP) is 2.49. The molecule has 0 N–H and O–H groups in total. The largest absolute Gasteiger partial charge is 0.288 e. The Morgan fingerprint density at radius 2 is 1.86 bits per heavy atom. The molecule has 1 aromatic carbocycles. The van der Waals surface area contributed by atoms with E-state index in [0.717, 1.165) is 10.2 Å². The fourth-order valence-corrected chi connectivity index (χ4v) is 3.81. The van der Waals surface area contributed by atoms with E-state index in [9.17, 15) is 18.5 Å². The number of aryl methyl sites for hydroxylation is 1. The number of nitro groups is 1. The Balaban J connectivity index is 2.28. The molecule has 3 aromatic rings. The van der Waals surface area contributed by atoms with Gasteiger partial charge in [0.05, 0.1) is 9.82 Å². The standard InChI is InChI=1S/C14H11N3O4S/c1-10-7-11-8-12(17(18)19)9-15-14(11)16(10)22(20,21)13-5-3-2-4-6-13/h2-9H,1H3. The minimum Gasteiger partial charge on any atom is -0.258 e. The molecular formula is C14H11N3O4S. The molecule has 0 saturated carbocycles. The van der Waals surface area contributed by atoms with Gasteiger partial charge in [-0.1, -0.05) is 18.2 Å². The van der Waals surface area contributed by atoms with E-state index in [0.29, 0.717) is 11.1 Å². The Labute approximate surface area is 126 Å². The minimum absolute atomic E-state index is 0.135. The van der Waals surface area contributed by atoms with Crippen LogP contribution in [0.3, 0.4) is 0 Å². The van der Waals surface area contributed by atoms with Crippen molar-refractivity contribution in [1.29, 1.82) is 0 Å². The number of fused-ring (bicyclic) bond motifs is 1. The van der Waals surface area contributed by atoms with Crippen molar-refractivity contribution in [2.24, 2.45) is 0 Å². The molecule has 22 heavy (non-hydrogen) atoms. The zero-order valence-electron chi connectivity index (χ0n) is 11.5. The van der Waals surface area contributed by atoms with Crippen molar-refractivity contribution in [2.45, 2.75) is 11.8 Å². The van der Waals surface area contributed by atoms with Gasteiger partial charge in [0.15, 0.2) is 5.65 Å². The third kappa shape index (κ3) is 2.13. The van der Waals surface area contributed by atoms with Gasteiger partial charge >= 0.3 is 0 Å². The molecule has 0 aliphatic heterocycles. The van der Waals surface area contributed by atoms with Crippen molar-refractivity contribution < 1.29 is 13.3 Å². The van der Waals surface area contributed by atoms with Crippen LogP contribution in [0.15, 0.2) is 53.6 Å². The quantitative estimate of drug-likeness (QED) is 0.546. The van der Waals surface area contributed by atoms with Gasteiger partial charge in [-0.2, -0.15) is 0 Å². The van der Waals surface area contributed by atoms with Crippen LogP contribution in [0.4, 0.5) is 5.69 Å². The van der Waals surface area contributed by atoms with Gasteiger partial charge in [-0.05, 0) is 25.1 Å². The van der Waals surface area contributed by atoms with Crippen molar-refractivity contribution in [1.82, 2.24) is 8.96 Å². The topological polar surface area (TPSA) is 95.1 Å². The molecule has 0 amide bonds. The summed E-state index contributed by atoms with van der Waals surface area (Å²) in [6.45, 7) is 1.62. The van der Waals surface area contributed by atoms with Gasteiger partial charge < -0.3 is 0 Å². The van der Waals surface area contributed by atoms with Gasteiger partial charge in [-0.25, -0.2) is 17.4 Å². The monoisotopic (exact) mass is 317 g/mol. The molecule has 0 aliphatic rings. The zero-order chi connectivity index (χ0) is 15.9. The summed E-state index contributed by atoms with van der Waals surface area (Å²) in [7, 11) is -3.80. The average molecular weight is 317 g/mol. The van der Waals surface area contributed by atoms with E-state index in [-0.39, 0.29) is 16.2 Å². The number of aromatic nitrogens is 2. The second-order valence-corrected chi connectivity index (χ2v) is 6.52. The Bertz CT molecular complexity index is 978. The van der Waals surface area contributed by atoms with Gasteiger partial charge in [0.2, 0.25) is 0 Å². The first-order valence-corrected chi connectivity index (χ1v) is 7.78. The SMILES string of the molecule is Cc1cc2cc([N+](=O)[O-])cnc2n1S(=O)(=O)c1ccccc1. The summed E-state index contributed by atoms with van der Waals surface area (Å²) in [5, 5.41) is 11.2. The lowest BCUT2D eigenvalue weighted by molar-refractivity contribution is -0.385. The van der Waals surface area contributed by atoms with Crippen LogP contribution in [0.5, 0.6) is 0 Å². The van der Waals surface area contributed by atoms with E-state index in [1.54, 1.807) is 31.2 Å². The highest BCUT2D eigenvalue weighted by molar-refractivity contribution is 7.90. The summed E-state index contributed by atoms with van der Waals surface area (Å²) < 4.78 is 26.6. The molecule has 0 spiro atoms. The molecule has 7 nitrogen and oxygen atoms in total. The summed E-state index contributed by atoms with van der Waals surface area (Å²) in [6.07, 6.45) is 1.05. The van der Waals surface area contributed by atoms with Crippen LogP contribution in [-0.2, 0) is 10.0 Å². The molecule has 0 atom stereocenters. The number of pyridine rings is 1. The van der Waals surface area contributed by atoms with E-state index < -0.39 is 14.9 Å². The van der Waals surface area contributed by atoms with Crippen molar-refractivity contribution >= 4 is 26.7 Å². The Kier molecular flexibility index (Phi) is 3.18. The first-order valence-electron chi connectivity index (χ1n) is 6.34. The van der Waals surface area contributed by atoms with Crippen molar-refractivity contribution in [3.05, 3.63) is 64.5 Å². The number of nitrogens with zero attached hydrogens (tertiary/aromatic N) is 3. The molecule has 0 radical (unpaired) electrons. The van der Waals surface area contributed by atoms with Crippen LogP contribution in [0.2, 0.25) is 0 Å². The van der Waals surface area contributed by atoms with E-state index >= 15 is 0 Å². The number of hydrogen-bond acceptors (Lipinski definition) is 5. The lowest BCUT2D eigenvalue weighted by atomic mass is 10.3. The van der Waals surface area contributed by atoms with E-state index in [2.05, 4.69) is 4.98 Å². The second kappa shape index (κ2) is 4.92. The third-order valence-electron chi connectivity index (χ3n) is 3.25. The number of rotatable bonds is 3. The molecule has 112 valence electrons. The Morgan fingerprint density at radius 3 is 2.50 bits per heavy atom. The average Bonchev–Trinajstić information content (AvgIpc) is 2.83. The summed E-state index contributed by atoms with van der Waals surface area (Å²) in [5.41, 5.74) is 0.431. The lowest BCUT2D eigenvalue weighted by Gasteiger charge is -2.08. The van der Waals surface area contributed by atoms with E-state index in [1.165, 1.54) is 18.2 Å². The van der Waals surface area contributed by atoms with Crippen molar-refractivity contribution in [3.63, 3.8) is 0 Å². The normalized spacial score (nSPS) is 11.7. The summed E-state index contributed by atoms with van der Waals surface area (Å²) >= 11 is 0. The Morgan fingerprint density at radius 1 is 1.18 bits per heavy atom. The summed E-state index contributed by atoms with van der Waals surface area (Å²) in [4.78, 5) is 14.3. The van der Waals surface area contributed by atoms with E-state index in [1.807, 2.05) is 0 Å². The fraction of sp³-hybridized carbons (Fsp3) is 0.0714.